The Balaban J connectivity index is 1.35. The van der Waals surface area contributed by atoms with Gasteiger partial charge in [0, 0.05) is 69.5 Å². The molecule has 38 heavy (non-hydrogen) atoms. The zero-order chi connectivity index (χ0) is 26.5. The van der Waals surface area contributed by atoms with Gasteiger partial charge in [-0.1, -0.05) is 25.1 Å². The molecule has 2 aliphatic heterocycles. The third-order valence-electron chi connectivity index (χ3n) is 7.70. The molecule has 0 spiro atoms. The number of nitrogens with zero attached hydrogens (tertiary/aromatic N) is 4. The predicted molar refractivity (Wildman–Crippen MR) is 147 cm³/mol. The van der Waals surface area contributed by atoms with E-state index in [-0.39, 0.29) is 24.8 Å². The average molecular weight is 523 g/mol. The third-order valence-corrected chi connectivity index (χ3v) is 7.70. The first-order valence-corrected chi connectivity index (χ1v) is 13.7. The van der Waals surface area contributed by atoms with Crippen molar-refractivity contribution in [2.75, 3.05) is 59.5 Å². The molecule has 204 valence electrons. The largest absolute Gasteiger partial charge is 0.491 e. The minimum atomic E-state index is -0.783. The molecule has 0 bridgehead atoms. The van der Waals surface area contributed by atoms with Gasteiger partial charge in [-0.25, -0.2) is 4.39 Å². The van der Waals surface area contributed by atoms with Gasteiger partial charge in [-0.3, -0.25) is 9.69 Å². The lowest BCUT2D eigenvalue weighted by molar-refractivity contribution is -0.157. The smallest absolute Gasteiger partial charge is 0.225 e. The van der Waals surface area contributed by atoms with Crippen LogP contribution in [0.5, 0.6) is 5.75 Å². The first-order chi connectivity index (χ1) is 18.4. The molecular formula is C30H39FN4O3. The Hall–Kier alpha value is -2.94. The highest BCUT2D eigenvalue weighted by atomic mass is 19.1. The van der Waals surface area contributed by atoms with E-state index in [1.807, 2.05) is 4.90 Å². The van der Waals surface area contributed by atoms with Gasteiger partial charge in [0.1, 0.15) is 23.8 Å². The Morgan fingerprint density at radius 2 is 1.82 bits per heavy atom. The van der Waals surface area contributed by atoms with Gasteiger partial charge >= 0.3 is 0 Å². The number of rotatable bonds is 9. The van der Waals surface area contributed by atoms with E-state index in [4.69, 9.17) is 9.47 Å². The van der Waals surface area contributed by atoms with Crippen molar-refractivity contribution < 1.29 is 18.7 Å². The molecular weight excluding hydrogens is 483 g/mol. The number of carbonyl (C=O) groups excluding carboxylic acids is 1. The number of morpholine rings is 1. The number of fused-ring (bicyclic) bond motifs is 1. The number of hydrogen-bond acceptors (Lipinski definition) is 5. The number of para-hydroxylation sites is 1. The van der Waals surface area contributed by atoms with E-state index in [2.05, 4.69) is 58.8 Å². The molecule has 5 rings (SSSR count). The molecule has 0 aliphatic carbocycles. The van der Waals surface area contributed by atoms with Crippen molar-refractivity contribution in [1.82, 2.24) is 19.3 Å². The summed E-state index contributed by atoms with van der Waals surface area (Å²) in [4.78, 5) is 20.0. The number of likely N-dealkylation sites (N-methyl/N-ethyl adjacent to an activating group) is 1. The zero-order valence-electron chi connectivity index (χ0n) is 22.6. The molecule has 0 saturated carbocycles. The van der Waals surface area contributed by atoms with Crippen LogP contribution in [0.15, 0.2) is 54.7 Å². The van der Waals surface area contributed by atoms with Crippen molar-refractivity contribution in [3.8, 4) is 5.75 Å². The van der Waals surface area contributed by atoms with Gasteiger partial charge in [0.25, 0.3) is 0 Å². The summed E-state index contributed by atoms with van der Waals surface area (Å²) in [5, 5.41) is 1.27. The molecule has 3 aromatic rings. The highest BCUT2D eigenvalue weighted by Gasteiger charge is 2.41. The highest BCUT2D eigenvalue weighted by molar-refractivity contribution is 5.84. The van der Waals surface area contributed by atoms with Crippen molar-refractivity contribution in [2.24, 2.45) is 0 Å². The van der Waals surface area contributed by atoms with Crippen molar-refractivity contribution in [2.45, 2.75) is 38.5 Å². The number of aromatic nitrogens is 1. The van der Waals surface area contributed by atoms with Crippen LogP contribution in [0.1, 0.15) is 25.3 Å². The van der Waals surface area contributed by atoms with Gasteiger partial charge in [0.15, 0.2) is 0 Å². The van der Waals surface area contributed by atoms with Crippen LogP contribution in [0.2, 0.25) is 0 Å². The van der Waals surface area contributed by atoms with Crippen molar-refractivity contribution >= 4 is 16.8 Å². The second kappa shape index (κ2) is 11.8. The second-order valence-electron chi connectivity index (χ2n) is 10.7. The Bertz CT molecular complexity index is 1220. The number of benzene rings is 2. The summed E-state index contributed by atoms with van der Waals surface area (Å²) in [6, 6.07) is 14.6. The van der Waals surface area contributed by atoms with Crippen molar-refractivity contribution in [1.29, 1.82) is 0 Å². The lowest BCUT2D eigenvalue weighted by Gasteiger charge is -2.43. The van der Waals surface area contributed by atoms with E-state index >= 15 is 0 Å². The lowest BCUT2D eigenvalue weighted by atomic mass is 9.96. The maximum atomic E-state index is 13.4. The fraction of sp³-hybridized carbons (Fsp3) is 0.500. The number of amides is 1. The summed E-state index contributed by atoms with van der Waals surface area (Å²) in [6.45, 7) is 9.29. The fourth-order valence-electron chi connectivity index (χ4n) is 5.61. The van der Waals surface area contributed by atoms with Crippen LogP contribution in [-0.2, 0) is 22.6 Å². The quantitative estimate of drug-likeness (QED) is 0.425. The molecule has 0 radical (unpaired) electrons. The van der Waals surface area contributed by atoms with E-state index < -0.39 is 5.60 Å². The molecule has 0 unspecified atom stereocenters. The predicted octanol–water partition coefficient (Wildman–Crippen LogP) is 4.00. The maximum Gasteiger partial charge on any atom is 0.225 e. The zero-order valence-corrected chi connectivity index (χ0v) is 22.6. The van der Waals surface area contributed by atoms with Gasteiger partial charge < -0.3 is 23.8 Å². The first-order valence-electron chi connectivity index (χ1n) is 13.7. The van der Waals surface area contributed by atoms with Crippen LogP contribution < -0.4 is 4.74 Å². The van der Waals surface area contributed by atoms with E-state index in [0.29, 0.717) is 18.9 Å². The van der Waals surface area contributed by atoms with Gasteiger partial charge in [0.05, 0.1) is 13.0 Å². The Morgan fingerprint density at radius 1 is 1.05 bits per heavy atom. The van der Waals surface area contributed by atoms with Crippen LogP contribution in [-0.4, -0.2) is 90.3 Å². The Morgan fingerprint density at radius 3 is 2.58 bits per heavy atom. The number of ether oxygens (including phenoxy) is 2. The molecule has 2 aromatic carbocycles. The molecule has 2 fully saturated rings. The third kappa shape index (κ3) is 6.20. The van der Waals surface area contributed by atoms with Crippen LogP contribution in [0.4, 0.5) is 4.39 Å². The van der Waals surface area contributed by atoms with E-state index in [0.717, 1.165) is 52.2 Å². The van der Waals surface area contributed by atoms with E-state index in [9.17, 15) is 9.18 Å². The lowest BCUT2D eigenvalue weighted by Crippen LogP contribution is -2.58. The Labute approximate surface area is 224 Å². The molecule has 7 nitrogen and oxygen atoms in total. The van der Waals surface area contributed by atoms with E-state index in [1.165, 1.54) is 28.6 Å². The minimum absolute atomic E-state index is 0.0993. The second-order valence-corrected chi connectivity index (χ2v) is 10.7. The molecule has 2 saturated heterocycles. The molecule has 0 N–H and O–H groups in total. The minimum Gasteiger partial charge on any atom is -0.491 e. The van der Waals surface area contributed by atoms with Gasteiger partial charge in [0.2, 0.25) is 5.91 Å². The first kappa shape index (κ1) is 26.7. The topological polar surface area (TPSA) is 50.2 Å². The van der Waals surface area contributed by atoms with Crippen LogP contribution in [0, 0.1) is 5.82 Å². The summed E-state index contributed by atoms with van der Waals surface area (Å²) in [5.41, 5.74) is 1.76. The molecule has 1 atom stereocenters. The standard InChI is InChI=1S/C30H39FN4O3/c1-3-12-35-21-24(27-6-4-5-7-28(27)35)20-33-17-18-38-30(22-33,23-37-26-10-8-25(31)9-11-26)19-29(36)34-15-13-32(2)14-16-34/h4-11,21H,3,12-20,22-23H2,1-2H3/t30-/m0/s1. The van der Waals surface area contributed by atoms with Crippen LogP contribution >= 0.6 is 0 Å². The number of halogens is 1. The van der Waals surface area contributed by atoms with Gasteiger partial charge in [-0.2, -0.15) is 0 Å². The number of carbonyl (C=O) groups is 1. The molecule has 8 heteroatoms. The van der Waals surface area contributed by atoms with Crippen molar-refractivity contribution in [3.63, 3.8) is 0 Å². The summed E-state index contributed by atoms with van der Waals surface area (Å²) >= 11 is 0. The van der Waals surface area contributed by atoms with Crippen LogP contribution in [0.3, 0.4) is 0 Å². The maximum absolute atomic E-state index is 13.4. The molecule has 1 aromatic heterocycles. The fourth-order valence-corrected chi connectivity index (χ4v) is 5.61. The van der Waals surface area contributed by atoms with Crippen LogP contribution in [0.25, 0.3) is 10.9 Å². The number of piperazine rings is 1. The summed E-state index contributed by atoms with van der Waals surface area (Å²) in [5.74, 6) is 0.364. The van der Waals surface area contributed by atoms with E-state index in [1.54, 1.807) is 12.1 Å². The van der Waals surface area contributed by atoms with Gasteiger partial charge in [-0.05, 0) is 49.4 Å². The highest BCUT2D eigenvalue weighted by Crippen LogP contribution is 2.29. The van der Waals surface area contributed by atoms with Crippen molar-refractivity contribution in [3.05, 3.63) is 66.1 Å². The summed E-state index contributed by atoms with van der Waals surface area (Å²) < 4.78 is 28.3. The van der Waals surface area contributed by atoms with Gasteiger partial charge in [-0.15, -0.1) is 0 Å². The summed E-state index contributed by atoms with van der Waals surface area (Å²) in [7, 11) is 2.08. The number of aryl methyl sites for hydroxylation is 1. The molecule has 1 amide bonds. The average Bonchev–Trinajstić information content (AvgIpc) is 3.26. The molecule has 2 aliphatic rings. The summed E-state index contributed by atoms with van der Waals surface area (Å²) in [6.07, 6.45) is 3.61. The number of hydrogen-bond donors (Lipinski definition) is 0. The normalized spacial score (nSPS) is 21.2. The monoisotopic (exact) mass is 522 g/mol. The Kier molecular flexibility index (Phi) is 8.31. The molecule has 3 heterocycles. The SMILES string of the molecule is CCCn1cc(CN2CCO[C@@](COc3ccc(F)cc3)(CC(=O)N3CCN(C)CC3)C2)c2ccccc21.